The second-order valence-corrected chi connectivity index (χ2v) is 10.2. The third-order valence-electron chi connectivity index (χ3n) is 5.56. The van der Waals surface area contributed by atoms with Gasteiger partial charge in [0.15, 0.2) is 0 Å². The van der Waals surface area contributed by atoms with Crippen LogP contribution in [0.3, 0.4) is 0 Å². The Morgan fingerprint density at radius 1 is 0.784 bits per heavy atom. The van der Waals surface area contributed by atoms with Gasteiger partial charge in [0.05, 0.1) is 12.8 Å². The maximum Gasteiger partial charge on any atom is 0.232 e. The van der Waals surface area contributed by atoms with E-state index in [0.29, 0.717) is 26.8 Å². The summed E-state index contributed by atoms with van der Waals surface area (Å²) in [5.74, 6) is -0.354. The smallest absolute Gasteiger partial charge is 0.232 e. The van der Waals surface area contributed by atoms with Gasteiger partial charge in [0.2, 0.25) is 32.3 Å². The van der Waals surface area contributed by atoms with Crippen LogP contribution in [0.1, 0.15) is 24.2 Å². The Hall–Kier alpha value is -4.04. The van der Waals surface area contributed by atoms with Crippen LogP contribution in [-0.2, 0) is 22.4 Å². The lowest BCUT2D eigenvalue weighted by atomic mass is 10.1. The third-order valence-corrected chi connectivity index (χ3v) is 7.23. The Morgan fingerprint density at radius 2 is 1.35 bits per heavy atom. The first kappa shape index (κ1) is 24.6. The molecule has 1 fully saturated rings. The second kappa shape index (κ2) is 11.8. The van der Waals surface area contributed by atoms with Gasteiger partial charge in [-0.05, 0) is 37.1 Å². The highest BCUT2D eigenvalue weighted by Gasteiger charge is 2.23. The summed E-state index contributed by atoms with van der Waals surface area (Å²) in [6.07, 6.45) is 5.45. The zero-order valence-electron chi connectivity index (χ0n) is 19.7. The number of amides is 2. The van der Waals surface area contributed by atoms with E-state index in [9.17, 15) is 9.59 Å². The SMILES string of the molecule is O=C(Cc1ccccn1)Nc1nnc(NC2CCN(c3nnc(NC(=O)Cc4ccccn4)s3)CC2)s1. The van der Waals surface area contributed by atoms with Crippen LogP contribution in [-0.4, -0.2) is 61.3 Å². The van der Waals surface area contributed by atoms with Gasteiger partial charge in [-0.15, -0.1) is 20.4 Å². The molecular formula is C23H24N10O2S2. The van der Waals surface area contributed by atoms with Gasteiger partial charge in [0.25, 0.3) is 0 Å². The summed E-state index contributed by atoms with van der Waals surface area (Å²) < 4.78 is 0. The van der Waals surface area contributed by atoms with Crippen LogP contribution in [0.15, 0.2) is 48.8 Å². The fourth-order valence-electron chi connectivity index (χ4n) is 3.78. The molecular weight excluding hydrogens is 512 g/mol. The first-order valence-corrected chi connectivity index (χ1v) is 13.3. The second-order valence-electron chi connectivity index (χ2n) is 8.30. The van der Waals surface area contributed by atoms with E-state index in [1.807, 2.05) is 30.3 Å². The van der Waals surface area contributed by atoms with E-state index in [1.54, 1.807) is 18.5 Å². The molecule has 4 aromatic rings. The van der Waals surface area contributed by atoms with Gasteiger partial charge < -0.3 is 20.9 Å². The van der Waals surface area contributed by atoms with Crippen molar-refractivity contribution in [3.63, 3.8) is 0 Å². The minimum Gasteiger partial charge on any atom is -0.357 e. The zero-order valence-corrected chi connectivity index (χ0v) is 21.3. The van der Waals surface area contributed by atoms with Gasteiger partial charge in [-0.2, -0.15) is 0 Å². The van der Waals surface area contributed by atoms with Crippen LogP contribution in [0.5, 0.6) is 0 Å². The van der Waals surface area contributed by atoms with E-state index >= 15 is 0 Å². The molecule has 3 N–H and O–H groups in total. The summed E-state index contributed by atoms with van der Waals surface area (Å²) in [5.41, 5.74) is 1.40. The average molecular weight is 537 g/mol. The molecule has 0 atom stereocenters. The van der Waals surface area contributed by atoms with Crippen molar-refractivity contribution in [1.29, 1.82) is 0 Å². The summed E-state index contributed by atoms with van der Waals surface area (Å²) in [6, 6.07) is 11.2. The molecule has 4 aromatic heterocycles. The van der Waals surface area contributed by atoms with Gasteiger partial charge in [0, 0.05) is 42.9 Å². The van der Waals surface area contributed by atoms with E-state index in [0.717, 1.165) is 31.1 Å². The van der Waals surface area contributed by atoms with Crippen molar-refractivity contribution in [2.75, 3.05) is 33.9 Å². The summed E-state index contributed by atoms with van der Waals surface area (Å²) in [5, 5.41) is 27.9. The van der Waals surface area contributed by atoms with Gasteiger partial charge in [-0.25, -0.2) is 0 Å². The number of piperidine rings is 1. The van der Waals surface area contributed by atoms with E-state index in [2.05, 4.69) is 51.2 Å². The summed E-state index contributed by atoms with van der Waals surface area (Å²) >= 11 is 2.67. The number of rotatable bonds is 9. The Labute approximate surface area is 220 Å². The predicted molar refractivity (Wildman–Crippen MR) is 142 cm³/mol. The molecule has 0 spiro atoms. The van der Waals surface area contributed by atoms with E-state index in [-0.39, 0.29) is 30.7 Å². The fourth-order valence-corrected chi connectivity index (χ4v) is 5.33. The number of hydrogen-bond acceptors (Lipinski definition) is 12. The van der Waals surface area contributed by atoms with Crippen LogP contribution in [0.25, 0.3) is 0 Å². The molecule has 5 rings (SSSR count). The van der Waals surface area contributed by atoms with Gasteiger partial charge in [-0.3, -0.25) is 19.6 Å². The van der Waals surface area contributed by atoms with Gasteiger partial charge >= 0.3 is 0 Å². The van der Waals surface area contributed by atoms with Gasteiger partial charge in [0.1, 0.15) is 0 Å². The maximum atomic E-state index is 12.3. The van der Waals surface area contributed by atoms with Crippen molar-refractivity contribution in [3.05, 3.63) is 60.2 Å². The lowest BCUT2D eigenvalue weighted by molar-refractivity contribution is -0.116. The molecule has 1 aliphatic heterocycles. The molecule has 2 amide bonds. The molecule has 37 heavy (non-hydrogen) atoms. The Morgan fingerprint density at radius 3 is 1.95 bits per heavy atom. The molecule has 0 saturated carbocycles. The molecule has 0 aromatic carbocycles. The molecule has 190 valence electrons. The van der Waals surface area contributed by atoms with Crippen LogP contribution in [0.4, 0.5) is 20.5 Å². The number of anilines is 4. The zero-order chi connectivity index (χ0) is 25.5. The summed E-state index contributed by atoms with van der Waals surface area (Å²) in [7, 11) is 0. The molecule has 12 nitrogen and oxygen atoms in total. The highest BCUT2D eigenvalue weighted by Crippen LogP contribution is 2.28. The standard InChI is InChI=1S/C23H24N10O2S2/c34-18(13-16-5-1-3-9-24-16)27-21-30-29-20(36-21)26-15-7-11-33(12-8-15)23-32-31-22(37-23)28-19(35)14-17-6-2-4-10-25-17/h1-6,9-10,15H,7-8,11-14H2,(H,26,29)(H,27,30,34)(H,28,31,35). The average Bonchev–Trinajstić information content (AvgIpc) is 3.55. The number of carbonyl (C=O) groups is 2. The minimum atomic E-state index is -0.181. The van der Waals surface area contributed by atoms with Crippen LogP contribution < -0.4 is 20.9 Å². The molecule has 1 aliphatic rings. The fraction of sp³-hybridized carbons (Fsp3) is 0.304. The largest absolute Gasteiger partial charge is 0.357 e. The van der Waals surface area contributed by atoms with Crippen molar-refractivity contribution in [1.82, 2.24) is 30.4 Å². The Bertz CT molecular complexity index is 1320. The van der Waals surface area contributed by atoms with Crippen molar-refractivity contribution < 1.29 is 9.59 Å². The number of hydrogen-bond donors (Lipinski definition) is 3. The normalized spacial score (nSPS) is 13.8. The van der Waals surface area contributed by atoms with Crippen LogP contribution in [0.2, 0.25) is 0 Å². The molecule has 0 bridgehead atoms. The highest BCUT2D eigenvalue weighted by atomic mass is 32.1. The van der Waals surface area contributed by atoms with Crippen LogP contribution in [0, 0.1) is 0 Å². The van der Waals surface area contributed by atoms with E-state index in [1.165, 1.54) is 22.7 Å². The molecule has 14 heteroatoms. The molecule has 5 heterocycles. The Kier molecular flexibility index (Phi) is 7.86. The van der Waals surface area contributed by atoms with E-state index in [4.69, 9.17) is 0 Å². The van der Waals surface area contributed by atoms with Crippen molar-refractivity contribution in [2.45, 2.75) is 31.7 Å². The molecule has 0 aliphatic carbocycles. The number of carbonyl (C=O) groups excluding carboxylic acids is 2. The lowest BCUT2D eigenvalue weighted by Crippen LogP contribution is -2.39. The first-order chi connectivity index (χ1) is 18.1. The maximum absolute atomic E-state index is 12.3. The summed E-state index contributed by atoms with van der Waals surface area (Å²) in [6.45, 7) is 1.58. The quantitative estimate of drug-likeness (QED) is 0.291. The third kappa shape index (κ3) is 7.01. The summed E-state index contributed by atoms with van der Waals surface area (Å²) in [4.78, 5) is 35.0. The van der Waals surface area contributed by atoms with Crippen LogP contribution >= 0.6 is 22.7 Å². The molecule has 0 radical (unpaired) electrons. The Balaban J connectivity index is 1.06. The highest BCUT2D eigenvalue weighted by molar-refractivity contribution is 7.19. The van der Waals surface area contributed by atoms with Crippen molar-refractivity contribution in [3.8, 4) is 0 Å². The molecule has 0 unspecified atom stereocenters. The first-order valence-electron chi connectivity index (χ1n) is 11.7. The molecule has 1 saturated heterocycles. The lowest BCUT2D eigenvalue weighted by Gasteiger charge is -2.31. The topological polar surface area (TPSA) is 151 Å². The number of pyridine rings is 2. The predicted octanol–water partition coefficient (Wildman–Crippen LogP) is 2.62. The monoisotopic (exact) mass is 536 g/mol. The van der Waals surface area contributed by atoms with E-state index < -0.39 is 0 Å². The van der Waals surface area contributed by atoms with Gasteiger partial charge in [-0.1, -0.05) is 34.8 Å². The number of nitrogens with zero attached hydrogens (tertiary/aromatic N) is 7. The minimum absolute atomic E-state index is 0.173. The van der Waals surface area contributed by atoms with Crippen molar-refractivity contribution >= 4 is 55.0 Å². The number of aromatic nitrogens is 6. The number of nitrogens with one attached hydrogen (secondary N) is 3. The van der Waals surface area contributed by atoms with Crippen molar-refractivity contribution in [2.24, 2.45) is 0 Å².